The Bertz CT molecular complexity index is 192. The molecule has 0 aliphatic heterocycles. The first kappa shape index (κ1) is 10.5. The minimum atomic E-state index is -0.224. The van der Waals surface area contributed by atoms with E-state index in [4.69, 9.17) is 10.4 Å². The maximum absolute atomic E-state index is 9.01. The average molecular weight is 182 g/mol. The lowest BCUT2D eigenvalue weighted by Gasteiger charge is -2.12. The maximum Gasteiger partial charge on any atom is 0.0628 e. The van der Waals surface area contributed by atoms with Crippen LogP contribution in [0.2, 0.25) is 0 Å². The Hall–Kier alpha value is -0.590. The molecule has 13 heavy (non-hydrogen) atoms. The number of hydrogen-bond acceptors (Lipinski definition) is 3. The molecule has 0 saturated heterocycles. The lowest BCUT2D eigenvalue weighted by Crippen LogP contribution is -2.26. The van der Waals surface area contributed by atoms with Gasteiger partial charge in [0.25, 0.3) is 0 Å². The van der Waals surface area contributed by atoms with Gasteiger partial charge in [-0.15, -0.1) is 0 Å². The van der Waals surface area contributed by atoms with Crippen molar-refractivity contribution in [2.24, 2.45) is 5.41 Å². The summed E-state index contributed by atoms with van der Waals surface area (Å²) in [6.45, 7) is 3.59. The smallest absolute Gasteiger partial charge is 0.0628 e. The average Bonchev–Trinajstić information content (AvgIpc) is 2.80. The highest BCUT2D eigenvalue weighted by atomic mass is 16.3. The summed E-state index contributed by atoms with van der Waals surface area (Å²) in [5.74, 6) is 0. The Kier molecular flexibility index (Phi) is 3.71. The molecule has 0 aromatic rings. The second-order valence-electron chi connectivity index (χ2n) is 4.15. The fourth-order valence-corrected chi connectivity index (χ4v) is 1.43. The Labute approximate surface area is 79.8 Å². The number of aliphatic hydroxyl groups excluding tert-OH is 1. The molecule has 1 aliphatic carbocycles. The van der Waals surface area contributed by atoms with Gasteiger partial charge in [0.2, 0.25) is 0 Å². The quantitative estimate of drug-likeness (QED) is 0.603. The monoisotopic (exact) mass is 182 g/mol. The lowest BCUT2D eigenvalue weighted by molar-refractivity contribution is 0.183. The van der Waals surface area contributed by atoms with Crippen molar-refractivity contribution in [1.82, 2.24) is 5.32 Å². The predicted molar refractivity (Wildman–Crippen MR) is 51.1 cm³/mol. The van der Waals surface area contributed by atoms with Crippen molar-refractivity contribution in [1.29, 1.82) is 5.26 Å². The van der Waals surface area contributed by atoms with Gasteiger partial charge in [0.1, 0.15) is 0 Å². The first-order valence-corrected chi connectivity index (χ1v) is 4.94. The van der Waals surface area contributed by atoms with E-state index in [1.54, 1.807) is 6.92 Å². The lowest BCUT2D eigenvalue weighted by atomic mass is 10.0. The van der Waals surface area contributed by atoms with E-state index >= 15 is 0 Å². The standard InChI is InChI=1S/C10H18N2O/c1-9(13)2-7-12-8-10(3-4-10)5-6-11/h9,12-13H,2-5,7-8H2,1H3. The van der Waals surface area contributed by atoms with Gasteiger partial charge in [0.15, 0.2) is 0 Å². The molecule has 0 amide bonds. The minimum absolute atomic E-state index is 0.224. The predicted octanol–water partition coefficient (Wildman–Crippen LogP) is 1.04. The molecule has 0 heterocycles. The molecule has 2 N–H and O–H groups in total. The molecule has 1 unspecified atom stereocenters. The molecule has 0 radical (unpaired) electrons. The van der Waals surface area contributed by atoms with Gasteiger partial charge in [-0.05, 0) is 38.1 Å². The van der Waals surface area contributed by atoms with Crippen LogP contribution in [-0.2, 0) is 0 Å². The van der Waals surface area contributed by atoms with Crippen molar-refractivity contribution in [3.05, 3.63) is 0 Å². The second-order valence-corrected chi connectivity index (χ2v) is 4.15. The highest BCUT2D eigenvalue weighted by Crippen LogP contribution is 2.47. The topological polar surface area (TPSA) is 56.0 Å². The summed E-state index contributed by atoms with van der Waals surface area (Å²) in [5, 5.41) is 20.9. The van der Waals surface area contributed by atoms with Gasteiger partial charge in [0.05, 0.1) is 12.2 Å². The van der Waals surface area contributed by atoms with Crippen molar-refractivity contribution < 1.29 is 5.11 Å². The summed E-state index contributed by atoms with van der Waals surface area (Å²) in [7, 11) is 0. The van der Waals surface area contributed by atoms with E-state index in [0.29, 0.717) is 6.42 Å². The van der Waals surface area contributed by atoms with E-state index < -0.39 is 0 Å². The van der Waals surface area contributed by atoms with Crippen LogP contribution in [0.3, 0.4) is 0 Å². The van der Waals surface area contributed by atoms with E-state index in [9.17, 15) is 0 Å². The number of nitrogens with zero attached hydrogens (tertiary/aromatic N) is 1. The van der Waals surface area contributed by atoms with Gasteiger partial charge < -0.3 is 10.4 Å². The van der Waals surface area contributed by atoms with Crippen LogP contribution in [0.25, 0.3) is 0 Å². The van der Waals surface area contributed by atoms with Crippen molar-refractivity contribution in [2.75, 3.05) is 13.1 Å². The fourth-order valence-electron chi connectivity index (χ4n) is 1.43. The maximum atomic E-state index is 9.01. The van der Waals surface area contributed by atoms with E-state index in [1.165, 1.54) is 12.8 Å². The van der Waals surface area contributed by atoms with Crippen molar-refractivity contribution >= 4 is 0 Å². The highest BCUT2D eigenvalue weighted by Gasteiger charge is 2.41. The zero-order chi connectivity index (χ0) is 9.73. The molecule has 0 aromatic carbocycles. The molecule has 1 saturated carbocycles. The van der Waals surface area contributed by atoms with Gasteiger partial charge in [-0.25, -0.2) is 0 Å². The third-order valence-electron chi connectivity index (χ3n) is 2.65. The number of aliphatic hydroxyl groups is 1. The Morgan fingerprint density at radius 2 is 2.31 bits per heavy atom. The van der Waals surface area contributed by atoms with Gasteiger partial charge in [-0.3, -0.25) is 0 Å². The summed E-state index contributed by atoms with van der Waals surface area (Å²) < 4.78 is 0. The van der Waals surface area contributed by atoms with Crippen molar-refractivity contribution in [2.45, 2.75) is 38.7 Å². The van der Waals surface area contributed by atoms with Crippen LogP contribution >= 0.6 is 0 Å². The van der Waals surface area contributed by atoms with Gasteiger partial charge >= 0.3 is 0 Å². The molecule has 0 bridgehead atoms. The summed E-state index contributed by atoms with van der Waals surface area (Å²) in [5.41, 5.74) is 0.285. The Balaban J connectivity index is 2.03. The highest BCUT2D eigenvalue weighted by molar-refractivity contribution is 5.00. The first-order valence-electron chi connectivity index (χ1n) is 4.94. The number of nitriles is 1. The SMILES string of the molecule is CC(O)CCNCC1(CC#N)CC1. The Morgan fingerprint density at radius 1 is 1.62 bits per heavy atom. The molecule has 1 aliphatic rings. The molecule has 0 aromatic heterocycles. The molecule has 0 spiro atoms. The van der Waals surface area contributed by atoms with Crippen LogP contribution in [0, 0.1) is 16.7 Å². The number of hydrogen-bond donors (Lipinski definition) is 2. The number of nitrogens with one attached hydrogen (secondary N) is 1. The van der Waals surface area contributed by atoms with E-state index in [-0.39, 0.29) is 11.5 Å². The zero-order valence-electron chi connectivity index (χ0n) is 8.21. The summed E-state index contributed by atoms with van der Waals surface area (Å²) in [6.07, 6.45) is 3.61. The van der Waals surface area contributed by atoms with Crippen LogP contribution in [0.5, 0.6) is 0 Å². The summed E-state index contributed by atoms with van der Waals surface area (Å²) >= 11 is 0. The largest absolute Gasteiger partial charge is 0.393 e. The van der Waals surface area contributed by atoms with Gasteiger partial charge in [-0.2, -0.15) is 5.26 Å². The summed E-state index contributed by atoms with van der Waals surface area (Å²) in [6, 6.07) is 2.23. The third-order valence-corrected chi connectivity index (χ3v) is 2.65. The molecule has 1 fully saturated rings. The summed E-state index contributed by atoms with van der Waals surface area (Å²) in [4.78, 5) is 0. The molecular formula is C10H18N2O. The fraction of sp³-hybridized carbons (Fsp3) is 0.900. The second kappa shape index (κ2) is 4.59. The molecule has 1 rings (SSSR count). The van der Waals surface area contributed by atoms with Crippen LogP contribution in [0.15, 0.2) is 0 Å². The van der Waals surface area contributed by atoms with E-state index in [1.807, 2.05) is 0 Å². The molecule has 3 nitrogen and oxygen atoms in total. The van der Waals surface area contributed by atoms with Crippen LogP contribution in [-0.4, -0.2) is 24.3 Å². The van der Waals surface area contributed by atoms with E-state index in [0.717, 1.165) is 19.5 Å². The van der Waals surface area contributed by atoms with Crippen molar-refractivity contribution in [3.63, 3.8) is 0 Å². The number of rotatable bonds is 6. The van der Waals surface area contributed by atoms with Gasteiger partial charge in [0, 0.05) is 13.0 Å². The minimum Gasteiger partial charge on any atom is -0.393 e. The normalized spacial score (nSPS) is 20.7. The third kappa shape index (κ3) is 3.75. The molecular weight excluding hydrogens is 164 g/mol. The molecule has 1 atom stereocenters. The van der Waals surface area contributed by atoms with Crippen LogP contribution < -0.4 is 5.32 Å². The first-order chi connectivity index (χ1) is 6.18. The van der Waals surface area contributed by atoms with Crippen molar-refractivity contribution in [3.8, 4) is 6.07 Å². The van der Waals surface area contributed by atoms with Gasteiger partial charge in [-0.1, -0.05) is 0 Å². The zero-order valence-corrected chi connectivity index (χ0v) is 8.21. The molecule has 74 valence electrons. The molecule has 3 heteroatoms. The van der Waals surface area contributed by atoms with Crippen LogP contribution in [0.4, 0.5) is 0 Å². The Morgan fingerprint density at radius 3 is 2.77 bits per heavy atom. The van der Waals surface area contributed by atoms with E-state index in [2.05, 4.69) is 11.4 Å². The van der Waals surface area contributed by atoms with Crippen LogP contribution in [0.1, 0.15) is 32.6 Å².